The first kappa shape index (κ1) is 18.1. The molecule has 2 saturated heterocycles. The van der Waals surface area contributed by atoms with Crippen LogP contribution < -0.4 is 0 Å². The summed E-state index contributed by atoms with van der Waals surface area (Å²) in [7, 11) is 1.97. The standard InChI is InChI=1S/C16H31NO5/c1-9(2)13-7-16(4)15(10(3)21-13)17(5)14(22-16)6-11(19)12(20)8-18/h9-15,18-20H,6-8H2,1-5H3. The molecule has 2 aliphatic rings. The largest absolute Gasteiger partial charge is 0.394 e. The number of ether oxygens (including phenoxy) is 2. The summed E-state index contributed by atoms with van der Waals surface area (Å²) in [6, 6.07) is 0.117. The maximum Gasteiger partial charge on any atom is 0.114 e. The van der Waals surface area contributed by atoms with Gasteiger partial charge >= 0.3 is 0 Å². The molecule has 7 unspecified atom stereocenters. The first-order valence-electron chi connectivity index (χ1n) is 8.21. The van der Waals surface area contributed by atoms with Gasteiger partial charge in [-0.15, -0.1) is 0 Å². The van der Waals surface area contributed by atoms with E-state index in [9.17, 15) is 10.2 Å². The Bertz CT molecular complexity index is 380. The lowest BCUT2D eigenvalue weighted by Crippen LogP contribution is -2.57. The van der Waals surface area contributed by atoms with Crippen molar-refractivity contribution >= 4 is 0 Å². The van der Waals surface area contributed by atoms with E-state index in [0.717, 1.165) is 6.42 Å². The van der Waals surface area contributed by atoms with E-state index in [-0.39, 0.29) is 36.5 Å². The molecule has 0 aliphatic carbocycles. The molecule has 22 heavy (non-hydrogen) atoms. The average molecular weight is 317 g/mol. The minimum atomic E-state index is -1.13. The van der Waals surface area contributed by atoms with Crippen LogP contribution in [0.25, 0.3) is 0 Å². The second-order valence-electron chi connectivity index (χ2n) is 7.38. The fourth-order valence-corrected chi connectivity index (χ4v) is 3.96. The van der Waals surface area contributed by atoms with Crippen molar-refractivity contribution < 1.29 is 24.8 Å². The zero-order valence-electron chi connectivity index (χ0n) is 14.3. The van der Waals surface area contributed by atoms with Gasteiger partial charge in [-0.05, 0) is 26.8 Å². The van der Waals surface area contributed by atoms with Gasteiger partial charge in [0.05, 0.1) is 36.6 Å². The Hall–Kier alpha value is -0.240. The van der Waals surface area contributed by atoms with Crippen LogP contribution in [0, 0.1) is 5.92 Å². The Morgan fingerprint density at radius 2 is 1.91 bits per heavy atom. The number of aliphatic hydroxyl groups is 3. The van der Waals surface area contributed by atoms with Gasteiger partial charge < -0.3 is 24.8 Å². The second-order valence-corrected chi connectivity index (χ2v) is 7.38. The highest BCUT2D eigenvalue weighted by atomic mass is 16.6. The molecule has 0 aromatic carbocycles. The molecule has 2 fully saturated rings. The molecule has 3 N–H and O–H groups in total. The number of fused-ring (bicyclic) bond motifs is 1. The zero-order chi connectivity index (χ0) is 16.7. The van der Waals surface area contributed by atoms with Gasteiger partial charge in [0.25, 0.3) is 0 Å². The maximum absolute atomic E-state index is 9.97. The van der Waals surface area contributed by atoms with Crippen LogP contribution in [0.2, 0.25) is 0 Å². The van der Waals surface area contributed by atoms with Crippen LogP contribution >= 0.6 is 0 Å². The van der Waals surface area contributed by atoms with Gasteiger partial charge in [0, 0.05) is 12.8 Å². The smallest absolute Gasteiger partial charge is 0.114 e. The molecule has 0 spiro atoms. The van der Waals surface area contributed by atoms with Crippen molar-refractivity contribution in [2.24, 2.45) is 5.92 Å². The quantitative estimate of drug-likeness (QED) is 0.678. The van der Waals surface area contributed by atoms with E-state index in [2.05, 4.69) is 32.6 Å². The summed E-state index contributed by atoms with van der Waals surface area (Å²) in [5.41, 5.74) is -0.324. The van der Waals surface area contributed by atoms with Gasteiger partial charge in [0.2, 0.25) is 0 Å². The number of aliphatic hydroxyl groups excluding tert-OH is 3. The van der Waals surface area contributed by atoms with Crippen molar-refractivity contribution in [3.63, 3.8) is 0 Å². The van der Waals surface area contributed by atoms with Gasteiger partial charge in [-0.25, -0.2) is 0 Å². The Balaban J connectivity index is 2.10. The predicted molar refractivity (Wildman–Crippen MR) is 82.3 cm³/mol. The first-order valence-corrected chi connectivity index (χ1v) is 8.21. The molecule has 2 rings (SSSR count). The molecule has 7 atom stereocenters. The third kappa shape index (κ3) is 3.32. The van der Waals surface area contributed by atoms with Crippen LogP contribution in [0.4, 0.5) is 0 Å². The van der Waals surface area contributed by atoms with E-state index in [1.54, 1.807) is 0 Å². The van der Waals surface area contributed by atoms with Crippen LogP contribution in [0.5, 0.6) is 0 Å². The summed E-state index contributed by atoms with van der Waals surface area (Å²) in [6.45, 7) is 8.03. The fraction of sp³-hybridized carbons (Fsp3) is 1.00. The molecule has 0 aromatic rings. The van der Waals surface area contributed by atoms with Crippen molar-refractivity contribution in [3.05, 3.63) is 0 Å². The lowest BCUT2D eigenvalue weighted by molar-refractivity contribution is -0.160. The number of hydrogen-bond donors (Lipinski definition) is 3. The van der Waals surface area contributed by atoms with E-state index in [1.807, 2.05) is 7.05 Å². The van der Waals surface area contributed by atoms with Gasteiger partial charge in [0.1, 0.15) is 12.3 Å². The third-order valence-corrected chi connectivity index (χ3v) is 5.18. The van der Waals surface area contributed by atoms with Crippen molar-refractivity contribution in [1.82, 2.24) is 4.90 Å². The van der Waals surface area contributed by atoms with Gasteiger partial charge in [0.15, 0.2) is 0 Å². The Kier molecular flexibility index (Phi) is 5.52. The summed E-state index contributed by atoms with van der Waals surface area (Å²) < 4.78 is 12.4. The molecule has 6 heteroatoms. The third-order valence-electron chi connectivity index (χ3n) is 5.18. The minimum Gasteiger partial charge on any atom is -0.394 e. The number of nitrogens with zero attached hydrogens (tertiary/aromatic N) is 1. The van der Waals surface area contributed by atoms with Crippen LogP contribution in [-0.4, -0.2) is 76.2 Å². The van der Waals surface area contributed by atoms with Crippen LogP contribution in [0.15, 0.2) is 0 Å². The van der Waals surface area contributed by atoms with Gasteiger partial charge in [-0.1, -0.05) is 13.8 Å². The zero-order valence-corrected chi connectivity index (χ0v) is 14.3. The highest BCUT2D eigenvalue weighted by Crippen LogP contribution is 2.44. The molecule has 0 bridgehead atoms. The van der Waals surface area contributed by atoms with E-state index in [4.69, 9.17) is 14.6 Å². The monoisotopic (exact) mass is 317 g/mol. The summed E-state index contributed by atoms with van der Waals surface area (Å²) in [5.74, 6) is 0.426. The SMILES string of the molecule is CC(C)C1CC2(C)OC(CC(O)C(O)CO)N(C)C2C(C)O1. The number of hydrogen-bond acceptors (Lipinski definition) is 6. The van der Waals surface area contributed by atoms with Gasteiger partial charge in [-0.2, -0.15) is 0 Å². The highest BCUT2D eigenvalue weighted by molar-refractivity contribution is 5.05. The van der Waals surface area contributed by atoms with Gasteiger partial charge in [-0.3, -0.25) is 4.90 Å². The molecular formula is C16H31NO5. The average Bonchev–Trinajstić information content (AvgIpc) is 2.69. The van der Waals surface area contributed by atoms with E-state index < -0.39 is 18.8 Å². The molecule has 0 saturated carbocycles. The van der Waals surface area contributed by atoms with Crippen molar-refractivity contribution in [2.75, 3.05) is 13.7 Å². The lowest BCUT2D eigenvalue weighted by Gasteiger charge is -2.45. The van der Waals surface area contributed by atoms with Crippen molar-refractivity contribution in [3.8, 4) is 0 Å². The van der Waals surface area contributed by atoms with Crippen molar-refractivity contribution in [2.45, 2.75) is 82.8 Å². The van der Waals surface area contributed by atoms with Crippen LogP contribution in [0.3, 0.4) is 0 Å². The molecule has 0 aromatic heterocycles. The predicted octanol–water partition coefficient (Wildman–Crippen LogP) is 0.339. The molecule has 0 amide bonds. The summed E-state index contributed by atoms with van der Waals surface area (Å²) in [4.78, 5) is 2.09. The molecule has 2 heterocycles. The normalized spacial score (nSPS) is 42.4. The van der Waals surface area contributed by atoms with Crippen LogP contribution in [-0.2, 0) is 9.47 Å². The Morgan fingerprint density at radius 3 is 2.45 bits per heavy atom. The molecule has 2 aliphatic heterocycles. The van der Waals surface area contributed by atoms with Crippen LogP contribution in [0.1, 0.15) is 40.5 Å². The highest BCUT2D eigenvalue weighted by Gasteiger charge is 2.56. The number of likely N-dealkylation sites (N-methyl/N-ethyl adjacent to an activating group) is 1. The second kappa shape index (κ2) is 6.71. The fourth-order valence-electron chi connectivity index (χ4n) is 3.96. The van der Waals surface area contributed by atoms with Crippen molar-refractivity contribution in [1.29, 1.82) is 0 Å². The Labute approximate surface area is 133 Å². The molecular weight excluding hydrogens is 286 g/mol. The van der Waals surface area contributed by atoms with E-state index in [1.165, 1.54) is 0 Å². The number of rotatable bonds is 5. The summed E-state index contributed by atoms with van der Waals surface area (Å²) in [6.07, 6.45) is -1.13. The Morgan fingerprint density at radius 1 is 1.27 bits per heavy atom. The minimum absolute atomic E-state index is 0.0426. The van der Waals surface area contributed by atoms with E-state index in [0.29, 0.717) is 5.92 Å². The molecule has 0 radical (unpaired) electrons. The molecule has 6 nitrogen and oxygen atoms in total. The summed E-state index contributed by atoms with van der Waals surface area (Å²) in [5, 5.41) is 28.5. The summed E-state index contributed by atoms with van der Waals surface area (Å²) >= 11 is 0. The maximum atomic E-state index is 9.97. The topological polar surface area (TPSA) is 82.4 Å². The first-order chi connectivity index (χ1) is 10.2. The lowest BCUT2D eigenvalue weighted by atomic mass is 9.81. The molecule has 130 valence electrons. The van der Waals surface area contributed by atoms with E-state index >= 15 is 0 Å².